The van der Waals surface area contributed by atoms with Gasteiger partial charge in [0.15, 0.2) is 0 Å². The van der Waals surface area contributed by atoms with Gasteiger partial charge < -0.3 is 5.11 Å². The van der Waals surface area contributed by atoms with Crippen molar-refractivity contribution in [2.24, 2.45) is 0 Å². The van der Waals surface area contributed by atoms with Gasteiger partial charge in [-0.25, -0.2) is 13.1 Å². The van der Waals surface area contributed by atoms with Crippen molar-refractivity contribution in [3.05, 3.63) is 28.2 Å². The minimum absolute atomic E-state index is 0.0404. The molecular weight excluding hydrogens is 301 g/mol. The summed E-state index contributed by atoms with van der Waals surface area (Å²) in [5.41, 5.74) is 0. The molecule has 0 aliphatic carbocycles. The van der Waals surface area contributed by atoms with E-state index in [1.807, 2.05) is 0 Å². The number of carboxylic acids is 1. The molecule has 0 spiro atoms. The number of carbonyl (C=O) groups is 1. The molecule has 0 saturated heterocycles. The number of halogens is 2. The van der Waals surface area contributed by atoms with Crippen LogP contribution >= 0.6 is 23.2 Å². The molecule has 0 bridgehead atoms. The Hall–Kier alpha value is -0.820. The van der Waals surface area contributed by atoms with Crippen LogP contribution in [0.25, 0.3) is 0 Å². The third kappa shape index (κ3) is 4.81. The molecular formula is C10H11Cl2NO4S. The van der Waals surface area contributed by atoms with Crippen LogP contribution < -0.4 is 4.72 Å². The van der Waals surface area contributed by atoms with Crippen molar-refractivity contribution in [1.82, 2.24) is 4.72 Å². The van der Waals surface area contributed by atoms with Gasteiger partial charge in [0.1, 0.15) is 0 Å². The highest BCUT2D eigenvalue weighted by Gasteiger charge is 2.15. The summed E-state index contributed by atoms with van der Waals surface area (Å²) in [5.74, 6) is -0.972. The van der Waals surface area contributed by atoms with Gasteiger partial charge in [-0.15, -0.1) is 0 Å². The van der Waals surface area contributed by atoms with E-state index < -0.39 is 16.0 Å². The highest BCUT2D eigenvalue weighted by atomic mass is 35.5. The zero-order valence-corrected chi connectivity index (χ0v) is 11.5. The monoisotopic (exact) mass is 311 g/mol. The third-order valence-electron chi connectivity index (χ3n) is 2.01. The van der Waals surface area contributed by atoms with E-state index in [-0.39, 0.29) is 34.3 Å². The molecule has 100 valence electrons. The van der Waals surface area contributed by atoms with Gasteiger partial charge in [-0.2, -0.15) is 0 Å². The van der Waals surface area contributed by atoms with Crippen LogP contribution in [-0.4, -0.2) is 26.0 Å². The fourth-order valence-electron chi connectivity index (χ4n) is 1.21. The van der Waals surface area contributed by atoms with Gasteiger partial charge in [0.25, 0.3) is 0 Å². The lowest BCUT2D eigenvalue weighted by atomic mass is 10.3. The minimum Gasteiger partial charge on any atom is -0.481 e. The molecule has 0 fully saturated rings. The lowest BCUT2D eigenvalue weighted by Crippen LogP contribution is -2.25. The van der Waals surface area contributed by atoms with Crippen LogP contribution in [0.1, 0.15) is 12.8 Å². The van der Waals surface area contributed by atoms with Crippen molar-refractivity contribution >= 4 is 39.2 Å². The molecule has 8 heteroatoms. The van der Waals surface area contributed by atoms with Gasteiger partial charge in [-0.1, -0.05) is 23.2 Å². The number of rotatable bonds is 6. The molecule has 0 saturated carbocycles. The van der Waals surface area contributed by atoms with Crippen molar-refractivity contribution in [3.8, 4) is 0 Å². The van der Waals surface area contributed by atoms with Gasteiger partial charge in [0, 0.05) is 23.0 Å². The largest absolute Gasteiger partial charge is 0.481 e. The van der Waals surface area contributed by atoms with E-state index in [0.29, 0.717) is 0 Å². The molecule has 1 rings (SSSR count). The molecule has 1 aromatic rings. The van der Waals surface area contributed by atoms with Crippen LogP contribution in [-0.2, 0) is 14.8 Å². The Morgan fingerprint density at radius 3 is 2.28 bits per heavy atom. The molecule has 0 aliphatic heterocycles. The fraction of sp³-hybridized carbons (Fsp3) is 0.300. The highest BCUT2D eigenvalue weighted by Crippen LogP contribution is 2.22. The van der Waals surface area contributed by atoms with Crippen LogP contribution in [0.15, 0.2) is 23.1 Å². The smallest absolute Gasteiger partial charge is 0.303 e. The van der Waals surface area contributed by atoms with Gasteiger partial charge in [-0.3, -0.25) is 4.79 Å². The molecule has 5 nitrogen and oxygen atoms in total. The summed E-state index contributed by atoms with van der Waals surface area (Å²) in [6.45, 7) is 0.0404. The number of nitrogens with one attached hydrogen (secondary N) is 1. The summed E-state index contributed by atoms with van der Waals surface area (Å²) in [6.07, 6.45) is 0.113. The summed E-state index contributed by atoms with van der Waals surface area (Å²) in [5, 5.41) is 8.85. The molecule has 0 amide bonds. The second kappa shape index (κ2) is 6.38. The number of carboxylic acid groups (broad SMARTS) is 1. The number of sulfonamides is 1. The zero-order chi connectivity index (χ0) is 13.8. The van der Waals surface area contributed by atoms with Crippen molar-refractivity contribution in [3.63, 3.8) is 0 Å². The van der Waals surface area contributed by atoms with Crippen LogP contribution in [0.4, 0.5) is 0 Å². The molecule has 18 heavy (non-hydrogen) atoms. The topological polar surface area (TPSA) is 83.5 Å². The Balaban J connectivity index is 2.71. The molecule has 0 heterocycles. The van der Waals surface area contributed by atoms with E-state index in [4.69, 9.17) is 28.3 Å². The van der Waals surface area contributed by atoms with E-state index >= 15 is 0 Å². The first-order valence-corrected chi connectivity index (χ1v) is 7.23. The van der Waals surface area contributed by atoms with E-state index in [2.05, 4.69) is 4.72 Å². The maximum Gasteiger partial charge on any atom is 0.303 e. The van der Waals surface area contributed by atoms with Gasteiger partial charge >= 0.3 is 5.97 Å². The first-order chi connectivity index (χ1) is 8.31. The van der Waals surface area contributed by atoms with Crippen LogP contribution in [0.5, 0.6) is 0 Å². The maximum absolute atomic E-state index is 11.8. The summed E-state index contributed by atoms with van der Waals surface area (Å²) in [4.78, 5) is 10.2. The van der Waals surface area contributed by atoms with Crippen LogP contribution in [0.2, 0.25) is 10.0 Å². The second-order valence-corrected chi connectivity index (χ2v) is 6.14. The first kappa shape index (κ1) is 15.2. The normalized spacial score (nSPS) is 11.4. The Morgan fingerprint density at radius 1 is 1.22 bits per heavy atom. The van der Waals surface area contributed by atoms with Gasteiger partial charge in [0.05, 0.1) is 4.90 Å². The molecule has 1 aromatic carbocycles. The van der Waals surface area contributed by atoms with Crippen molar-refractivity contribution in [2.75, 3.05) is 6.54 Å². The summed E-state index contributed by atoms with van der Waals surface area (Å²) >= 11 is 11.4. The zero-order valence-electron chi connectivity index (χ0n) is 9.19. The van der Waals surface area contributed by atoms with E-state index in [9.17, 15) is 13.2 Å². The lowest BCUT2D eigenvalue weighted by molar-refractivity contribution is -0.137. The number of aliphatic carboxylic acids is 1. The second-order valence-electron chi connectivity index (χ2n) is 3.50. The maximum atomic E-state index is 11.8. The van der Waals surface area contributed by atoms with Gasteiger partial charge in [-0.05, 0) is 24.6 Å². The Bertz CT molecular complexity index is 525. The number of hydrogen-bond donors (Lipinski definition) is 2. The molecule has 0 aliphatic rings. The van der Waals surface area contributed by atoms with Crippen molar-refractivity contribution in [1.29, 1.82) is 0 Å². The first-order valence-electron chi connectivity index (χ1n) is 4.99. The number of benzene rings is 1. The van der Waals surface area contributed by atoms with Crippen molar-refractivity contribution < 1.29 is 18.3 Å². The number of hydrogen-bond acceptors (Lipinski definition) is 3. The Morgan fingerprint density at radius 2 is 1.78 bits per heavy atom. The van der Waals surface area contributed by atoms with Crippen LogP contribution in [0, 0.1) is 0 Å². The van der Waals surface area contributed by atoms with Gasteiger partial charge in [0.2, 0.25) is 10.0 Å². The Labute approximate surface area is 115 Å². The predicted molar refractivity (Wildman–Crippen MR) is 68.5 cm³/mol. The standard InChI is InChI=1S/C10H11Cl2NO4S/c11-7-4-8(12)6-9(5-7)18(16,17)13-3-1-2-10(14)15/h4-6,13H,1-3H2,(H,14,15). The third-order valence-corrected chi connectivity index (χ3v) is 3.88. The molecule has 0 aromatic heterocycles. The average Bonchev–Trinajstić information content (AvgIpc) is 2.23. The molecule has 0 radical (unpaired) electrons. The highest BCUT2D eigenvalue weighted by molar-refractivity contribution is 7.89. The Kier molecular flexibility index (Phi) is 5.40. The summed E-state index contributed by atoms with van der Waals surface area (Å²) in [7, 11) is -3.72. The molecule has 0 unspecified atom stereocenters. The summed E-state index contributed by atoms with van der Waals surface area (Å²) in [6, 6.07) is 3.96. The minimum atomic E-state index is -3.72. The van der Waals surface area contributed by atoms with Crippen molar-refractivity contribution in [2.45, 2.75) is 17.7 Å². The predicted octanol–water partition coefficient (Wildman–Crippen LogP) is 2.14. The lowest BCUT2D eigenvalue weighted by Gasteiger charge is -2.07. The average molecular weight is 312 g/mol. The van der Waals surface area contributed by atoms with Crippen LogP contribution in [0.3, 0.4) is 0 Å². The van der Waals surface area contributed by atoms with E-state index in [1.165, 1.54) is 18.2 Å². The SMILES string of the molecule is O=C(O)CCCNS(=O)(=O)c1cc(Cl)cc(Cl)c1. The van der Waals surface area contributed by atoms with E-state index in [0.717, 1.165) is 0 Å². The summed E-state index contributed by atoms with van der Waals surface area (Å²) < 4.78 is 25.9. The van der Waals surface area contributed by atoms with E-state index in [1.54, 1.807) is 0 Å². The fourth-order valence-corrected chi connectivity index (χ4v) is 3.01. The molecule has 0 atom stereocenters. The molecule has 2 N–H and O–H groups in total. The quantitative estimate of drug-likeness (QED) is 0.788.